The number of aliphatic hydroxyl groups excluding tert-OH is 1. The lowest BCUT2D eigenvalue weighted by atomic mass is 10.0. The van der Waals surface area contributed by atoms with E-state index in [0.717, 1.165) is 24.8 Å². The molecule has 1 heterocycles. The summed E-state index contributed by atoms with van der Waals surface area (Å²) < 4.78 is 27.2. The van der Waals surface area contributed by atoms with E-state index in [1.807, 2.05) is 6.08 Å². The molecule has 1 unspecified atom stereocenters. The zero-order valence-electron chi connectivity index (χ0n) is 15.7. The van der Waals surface area contributed by atoms with E-state index >= 15 is 0 Å². The Morgan fingerprint density at radius 1 is 1.42 bits per heavy atom. The summed E-state index contributed by atoms with van der Waals surface area (Å²) in [4.78, 5) is 14.0. The van der Waals surface area contributed by atoms with Crippen molar-refractivity contribution in [1.82, 2.24) is 4.90 Å². The summed E-state index contributed by atoms with van der Waals surface area (Å²) in [5, 5.41) is 8.66. The van der Waals surface area contributed by atoms with Gasteiger partial charge < -0.3 is 9.84 Å². The number of aliphatic hydroxyl groups is 1. The third-order valence-electron chi connectivity index (χ3n) is 4.47. The number of ether oxygens (including phenoxy) is 1. The van der Waals surface area contributed by atoms with Crippen LogP contribution in [0.15, 0.2) is 11.6 Å². The number of rotatable bonds is 7. The van der Waals surface area contributed by atoms with Gasteiger partial charge in [-0.15, -0.1) is 0 Å². The highest BCUT2D eigenvalue weighted by molar-refractivity contribution is 7.92. The molecule has 0 amide bonds. The molecule has 1 N–H and O–H groups in total. The van der Waals surface area contributed by atoms with Crippen molar-refractivity contribution in [3.8, 4) is 23.7 Å². The second-order valence-corrected chi connectivity index (χ2v) is 8.85. The van der Waals surface area contributed by atoms with Gasteiger partial charge in [-0.05, 0) is 38.0 Å². The number of carbonyl (C=O) groups is 1. The van der Waals surface area contributed by atoms with E-state index in [1.54, 1.807) is 0 Å². The molecule has 0 aliphatic carbocycles. The van der Waals surface area contributed by atoms with E-state index in [9.17, 15) is 13.2 Å². The number of hydrogen-bond acceptors (Lipinski definition) is 6. The first kappa shape index (κ1) is 22.2. The fraction of sp³-hybridized carbons (Fsp3) is 0.632. The summed E-state index contributed by atoms with van der Waals surface area (Å²) in [6.45, 7) is 3.44. The number of nitrogens with zero attached hydrogens (tertiary/aromatic N) is 1. The Balaban J connectivity index is 2.60. The Morgan fingerprint density at radius 3 is 2.69 bits per heavy atom. The lowest BCUT2D eigenvalue weighted by Gasteiger charge is -2.30. The van der Waals surface area contributed by atoms with Crippen LogP contribution < -0.4 is 0 Å². The quantitative estimate of drug-likeness (QED) is 0.398. The Morgan fingerprint density at radius 2 is 2.15 bits per heavy atom. The first-order valence-electron chi connectivity index (χ1n) is 8.53. The van der Waals surface area contributed by atoms with E-state index in [4.69, 9.17) is 5.11 Å². The van der Waals surface area contributed by atoms with Crippen LogP contribution in [0, 0.1) is 23.7 Å². The van der Waals surface area contributed by atoms with Gasteiger partial charge >= 0.3 is 5.97 Å². The van der Waals surface area contributed by atoms with Gasteiger partial charge in [0.1, 0.15) is 0 Å². The summed E-state index contributed by atoms with van der Waals surface area (Å²) in [7, 11) is -2.38. The molecular weight excluding hydrogens is 354 g/mol. The van der Waals surface area contributed by atoms with Crippen molar-refractivity contribution in [3.05, 3.63) is 11.6 Å². The van der Waals surface area contributed by atoms with Crippen molar-refractivity contribution in [2.45, 2.75) is 37.4 Å². The standard InChI is InChI=1S/C19H27NO5S/c1-19(18(22)25-2,26(3,23)24)12-15-20-13-10-17(11-14-20)9-7-5-4-6-8-16-21/h10,21H,6,8,11-16H2,1-3H3. The first-order valence-corrected chi connectivity index (χ1v) is 10.4. The van der Waals surface area contributed by atoms with Crippen molar-refractivity contribution in [2.75, 3.05) is 39.6 Å². The Hall–Kier alpha value is -1.80. The molecule has 0 aromatic rings. The van der Waals surface area contributed by atoms with Crippen LogP contribution in [-0.4, -0.2) is 68.7 Å². The topological polar surface area (TPSA) is 83.9 Å². The van der Waals surface area contributed by atoms with Gasteiger partial charge in [0.25, 0.3) is 0 Å². The Bertz CT molecular complexity index is 748. The number of unbranched alkanes of at least 4 members (excludes halogenated alkanes) is 1. The zero-order chi connectivity index (χ0) is 19.6. The smallest absolute Gasteiger partial charge is 0.326 e. The van der Waals surface area contributed by atoms with Gasteiger partial charge in [-0.2, -0.15) is 0 Å². The van der Waals surface area contributed by atoms with E-state index in [2.05, 4.69) is 33.3 Å². The minimum atomic E-state index is -3.58. The van der Waals surface area contributed by atoms with E-state index < -0.39 is 20.6 Å². The summed E-state index contributed by atoms with van der Waals surface area (Å²) in [5.41, 5.74) is 1.01. The molecule has 1 aliphatic rings. The fourth-order valence-corrected chi connectivity index (χ4v) is 3.29. The second kappa shape index (κ2) is 10.4. The van der Waals surface area contributed by atoms with Gasteiger partial charge in [0.05, 0.1) is 7.11 Å². The van der Waals surface area contributed by atoms with E-state index in [-0.39, 0.29) is 13.0 Å². The summed E-state index contributed by atoms with van der Waals surface area (Å²) in [6, 6.07) is 0. The zero-order valence-corrected chi connectivity index (χ0v) is 16.5. The van der Waals surface area contributed by atoms with Crippen LogP contribution in [0.1, 0.15) is 32.6 Å². The van der Waals surface area contributed by atoms with Crippen molar-refractivity contribution in [1.29, 1.82) is 0 Å². The highest BCUT2D eigenvalue weighted by atomic mass is 32.2. The molecule has 1 rings (SSSR count). The first-order chi connectivity index (χ1) is 12.2. The highest BCUT2D eigenvalue weighted by Crippen LogP contribution is 2.24. The predicted molar refractivity (Wildman–Crippen MR) is 101 cm³/mol. The normalized spacial score (nSPS) is 17.0. The predicted octanol–water partition coefficient (Wildman–Crippen LogP) is 0.764. The van der Waals surface area contributed by atoms with Gasteiger partial charge in [-0.3, -0.25) is 9.69 Å². The molecule has 0 spiro atoms. The molecule has 0 saturated carbocycles. The van der Waals surface area contributed by atoms with E-state index in [0.29, 0.717) is 25.9 Å². The molecule has 0 aromatic carbocycles. The van der Waals surface area contributed by atoms with E-state index in [1.165, 1.54) is 14.0 Å². The molecular formula is C19H27NO5S. The molecule has 0 aromatic heterocycles. The average Bonchev–Trinajstić information content (AvgIpc) is 2.61. The van der Waals surface area contributed by atoms with Gasteiger partial charge in [0.15, 0.2) is 14.6 Å². The molecule has 1 aliphatic heterocycles. The molecule has 26 heavy (non-hydrogen) atoms. The maximum atomic E-state index is 12.0. The lowest BCUT2D eigenvalue weighted by molar-refractivity contribution is -0.143. The third kappa shape index (κ3) is 6.49. The van der Waals surface area contributed by atoms with Gasteiger partial charge in [0.2, 0.25) is 0 Å². The SMILES string of the molecule is COC(=O)C(C)(CCN1CC=C(C#CC#CCCCO)CC1)S(C)(=O)=O. The Kier molecular flexibility index (Phi) is 8.87. The van der Waals surface area contributed by atoms with Crippen LogP contribution in [0.4, 0.5) is 0 Å². The minimum absolute atomic E-state index is 0.136. The van der Waals surface area contributed by atoms with Crippen molar-refractivity contribution in [2.24, 2.45) is 0 Å². The molecule has 0 fully saturated rings. The van der Waals surface area contributed by atoms with Crippen molar-refractivity contribution >= 4 is 15.8 Å². The van der Waals surface area contributed by atoms with Crippen LogP contribution in [0.3, 0.4) is 0 Å². The van der Waals surface area contributed by atoms with Crippen molar-refractivity contribution in [3.63, 3.8) is 0 Å². The number of methoxy groups -OCH3 is 1. The molecule has 0 saturated heterocycles. The molecule has 1 atom stereocenters. The number of esters is 1. The molecule has 0 radical (unpaired) electrons. The molecule has 144 valence electrons. The maximum absolute atomic E-state index is 12.0. The minimum Gasteiger partial charge on any atom is -0.468 e. The second-order valence-electron chi connectivity index (χ2n) is 6.40. The van der Waals surface area contributed by atoms with Crippen LogP contribution in [0.25, 0.3) is 0 Å². The molecule has 0 bridgehead atoms. The number of carbonyl (C=O) groups excluding carboxylic acids is 1. The van der Waals surface area contributed by atoms with Crippen molar-refractivity contribution < 1.29 is 23.1 Å². The number of hydrogen-bond donors (Lipinski definition) is 1. The number of sulfone groups is 1. The fourth-order valence-electron chi connectivity index (χ4n) is 2.44. The summed E-state index contributed by atoms with van der Waals surface area (Å²) >= 11 is 0. The monoisotopic (exact) mass is 381 g/mol. The summed E-state index contributed by atoms with van der Waals surface area (Å²) in [6.07, 6.45) is 5.31. The largest absolute Gasteiger partial charge is 0.468 e. The highest BCUT2D eigenvalue weighted by Gasteiger charge is 2.44. The van der Waals surface area contributed by atoms with Gasteiger partial charge in [0, 0.05) is 44.5 Å². The van der Waals surface area contributed by atoms with Crippen LogP contribution >= 0.6 is 0 Å². The average molecular weight is 381 g/mol. The Labute approximate surface area is 156 Å². The summed E-state index contributed by atoms with van der Waals surface area (Å²) in [5.74, 6) is 10.8. The van der Waals surface area contributed by atoms with Gasteiger partial charge in [-0.25, -0.2) is 8.42 Å². The molecule has 7 heteroatoms. The van der Waals surface area contributed by atoms with Gasteiger partial charge in [-0.1, -0.05) is 17.9 Å². The van der Waals surface area contributed by atoms with Crippen LogP contribution in [-0.2, 0) is 19.4 Å². The van der Waals surface area contributed by atoms with Crippen LogP contribution in [0.5, 0.6) is 0 Å². The molecule has 6 nitrogen and oxygen atoms in total. The lowest BCUT2D eigenvalue weighted by Crippen LogP contribution is -2.46. The third-order valence-corrected chi connectivity index (χ3v) is 6.48. The maximum Gasteiger partial charge on any atom is 0.326 e. The van der Waals surface area contributed by atoms with Crippen LogP contribution in [0.2, 0.25) is 0 Å².